The van der Waals surface area contributed by atoms with E-state index in [-0.39, 0.29) is 16.3 Å². The Morgan fingerprint density at radius 2 is 2.04 bits per heavy atom. The molecular weight excluding hydrogens is 380 g/mol. The maximum atomic E-state index is 12.6. The van der Waals surface area contributed by atoms with Crippen molar-refractivity contribution in [2.24, 2.45) is 0 Å². The quantitative estimate of drug-likeness (QED) is 0.475. The number of halogens is 1. The Balaban J connectivity index is 1.98. The lowest BCUT2D eigenvalue weighted by molar-refractivity contribution is -0.384. The molecule has 3 rings (SSSR count). The Bertz CT molecular complexity index is 909. The molecule has 0 saturated carbocycles. The van der Waals surface area contributed by atoms with Crippen molar-refractivity contribution in [1.82, 2.24) is 0 Å². The number of nitro benzene ring substituents is 1. The Morgan fingerprint density at radius 1 is 1.31 bits per heavy atom. The van der Waals surface area contributed by atoms with Gasteiger partial charge in [0.25, 0.3) is 11.6 Å². The number of hydrogen-bond donors (Lipinski definition) is 1. The van der Waals surface area contributed by atoms with Crippen LogP contribution in [-0.4, -0.2) is 23.9 Å². The van der Waals surface area contributed by atoms with Crippen LogP contribution in [0.15, 0.2) is 18.2 Å². The SMILES string of the molecule is COC(=O)c1c(NC(=O)c2cc([N+](=O)[O-])ccc2Cl)sc2c1CCCC2. The van der Waals surface area contributed by atoms with E-state index < -0.39 is 16.8 Å². The molecule has 26 heavy (non-hydrogen) atoms. The van der Waals surface area contributed by atoms with E-state index in [1.165, 1.54) is 30.6 Å². The number of ether oxygens (including phenoxy) is 1. The number of esters is 1. The summed E-state index contributed by atoms with van der Waals surface area (Å²) < 4.78 is 4.86. The molecule has 1 amide bonds. The van der Waals surface area contributed by atoms with Gasteiger partial charge < -0.3 is 10.1 Å². The summed E-state index contributed by atoms with van der Waals surface area (Å²) in [5.74, 6) is -1.12. The van der Waals surface area contributed by atoms with Gasteiger partial charge >= 0.3 is 5.97 Å². The van der Waals surface area contributed by atoms with E-state index in [1.807, 2.05) is 0 Å². The fourth-order valence-electron chi connectivity index (χ4n) is 2.94. The highest BCUT2D eigenvalue weighted by Gasteiger charge is 2.27. The predicted molar refractivity (Wildman–Crippen MR) is 98.4 cm³/mol. The maximum Gasteiger partial charge on any atom is 0.341 e. The van der Waals surface area contributed by atoms with E-state index in [0.29, 0.717) is 10.6 Å². The predicted octanol–water partition coefficient (Wildman–Crippen LogP) is 4.23. The molecule has 0 saturated heterocycles. The third-order valence-electron chi connectivity index (χ3n) is 4.19. The molecule has 0 radical (unpaired) electrons. The molecule has 1 aromatic heterocycles. The number of nitrogens with zero attached hydrogens (tertiary/aromatic N) is 1. The lowest BCUT2D eigenvalue weighted by Crippen LogP contribution is -2.15. The average molecular weight is 395 g/mol. The number of aryl methyl sites for hydroxylation is 1. The van der Waals surface area contributed by atoms with Crippen LogP contribution in [-0.2, 0) is 17.6 Å². The normalized spacial score (nSPS) is 13.0. The van der Waals surface area contributed by atoms with Gasteiger partial charge in [-0.2, -0.15) is 0 Å². The van der Waals surface area contributed by atoms with Gasteiger partial charge in [-0.3, -0.25) is 14.9 Å². The first-order chi connectivity index (χ1) is 12.4. The van der Waals surface area contributed by atoms with Crippen molar-refractivity contribution in [3.63, 3.8) is 0 Å². The summed E-state index contributed by atoms with van der Waals surface area (Å²) in [6.07, 6.45) is 3.59. The highest BCUT2D eigenvalue weighted by molar-refractivity contribution is 7.17. The summed E-state index contributed by atoms with van der Waals surface area (Å²) in [6, 6.07) is 3.64. The molecule has 0 fully saturated rings. The van der Waals surface area contributed by atoms with Gasteiger partial charge in [-0.05, 0) is 37.3 Å². The van der Waals surface area contributed by atoms with E-state index >= 15 is 0 Å². The fourth-order valence-corrected chi connectivity index (χ4v) is 4.42. The number of nitro groups is 1. The minimum Gasteiger partial charge on any atom is -0.465 e. The number of anilines is 1. The van der Waals surface area contributed by atoms with Crippen molar-refractivity contribution in [3.05, 3.63) is 54.9 Å². The van der Waals surface area contributed by atoms with E-state index in [2.05, 4.69) is 5.32 Å². The number of hydrogen-bond acceptors (Lipinski definition) is 6. The number of fused-ring (bicyclic) bond motifs is 1. The second kappa shape index (κ2) is 7.43. The summed E-state index contributed by atoms with van der Waals surface area (Å²) in [6.45, 7) is 0. The summed E-state index contributed by atoms with van der Waals surface area (Å²) >= 11 is 7.36. The zero-order valence-corrected chi connectivity index (χ0v) is 15.4. The Morgan fingerprint density at radius 3 is 2.73 bits per heavy atom. The van der Waals surface area contributed by atoms with E-state index in [0.717, 1.165) is 42.2 Å². The highest BCUT2D eigenvalue weighted by Crippen LogP contribution is 2.39. The van der Waals surface area contributed by atoms with Gasteiger partial charge in [0.1, 0.15) is 5.00 Å². The van der Waals surface area contributed by atoms with Crippen LogP contribution in [0, 0.1) is 10.1 Å². The molecule has 136 valence electrons. The molecule has 1 aliphatic carbocycles. The minimum atomic E-state index is -0.609. The van der Waals surface area contributed by atoms with Crippen LogP contribution in [0.1, 0.15) is 44.0 Å². The second-order valence-corrected chi connectivity index (χ2v) is 7.29. The van der Waals surface area contributed by atoms with Gasteiger partial charge in [0.15, 0.2) is 0 Å². The third-order valence-corrected chi connectivity index (χ3v) is 5.73. The number of non-ortho nitro benzene ring substituents is 1. The highest BCUT2D eigenvalue weighted by atomic mass is 35.5. The Hall–Kier alpha value is -2.45. The lowest BCUT2D eigenvalue weighted by atomic mass is 9.95. The third kappa shape index (κ3) is 3.42. The number of benzene rings is 1. The number of carbonyl (C=O) groups excluding carboxylic acids is 2. The van der Waals surface area contributed by atoms with Gasteiger partial charge in [0, 0.05) is 17.0 Å². The van der Waals surface area contributed by atoms with Crippen LogP contribution in [0.3, 0.4) is 0 Å². The molecule has 0 bridgehead atoms. The summed E-state index contributed by atoms with van der Waals surface area (Å²) in [5.41, 5.74) is 1.01. The van der Waals surface area contributed by atoms with Crippen LogP contribution in [0.5, 0.6) is 0 Å². The zero-order valence-electron chi connectivity index (χ0n) is 13.8. The van der Waals surface area contributed by atoms with Gasteiger partial charge in [0.05, 0.1) is 28.2 Å². The molecule has 0 aliphatic heterocycles. The Kier molecular flexibility index (Phi) is 5.24. The van der Waals surface area contributed by atoms with Crippen molar-refractivity contribution in [3.8, 4) is 0 Å². The molecule has 0 atom stereocenters. The molecule has 0 unspecified atom stereocenters. The first kappa shape index (κ1) is 18.3. The molecule has 1 aliphatic rings. The molecule has 1 heterocycles. The molecule has 1 aromatic carbocycles. The van der Waals surface area contributed by atoms with Crippen molar-refractivity contribution in [2.45, 2.75) is 25.7 Å². The Labute approximate surface area is 158 Å². The number of amides is 1. The topological polar surface area (TPSA) is 98.5 Å². The first-order valence-corrected chi connectivity index (χ1v) is 9.10. The van der Waals surface area contributed by atoms with E-state index in [1.54, 1.807) is 0 Å². The fraction of sp³-hybridized carbons (Fsp3) is 0.294. The summed E-state index contributed by atoms with van der Waals surface area (Å²) in [4.78, 5) is 36.2. The molecule has 1 N–H and O–H groups in total. The van der Waals surface area contributed by atoms with Gasteiger partial charge in [-0.25, -0.2) is 4.79 Å². The van der Waals surface area contributed by atoms with Crippen LogP contribution in [0.25, 0.3) is 0 Å². The number of thiophene rings is 1. The largest absolute Gasteiger partial charge is 0.465 e. The lowest BCUT2D eigenvalue weighted by Gasteiger charge is -2.11. The number of methoxy groups -OCH3 is 1. The van der Waals surface area contributed by atoms with Crippen LogP contribution in [0.4, 0.5) is 10.7 Å². The molecule has 9 heteroatoms. The van der Waals surface area contributed by atoms with Crippen molar-refractivity contribution in [2.75, 3.05) is 12.4 Å². The summed E-state index contributed by atoms with van der Waals surface area (Å²) in [5, 5.41) is 14.1. The second-order valence-electron chi connectivity index (χ2n) is 5.78. The molecule has 0 spiro atoms. The van der Waals surface area contributed by atoms with Crippen molar-refractivity contribution in [1.29, 1.82) is 0 Å². The van der Waals surface area contributed by atoms with Crippen LogP contribution in [0.2, 0.25) is 5.02 Å². The smallest absolute Gasteiger partial charge is 0.341 e. The van der Waals surface area contributed by atoms with Crippen LogP contribution >= 0.6 is 22.9 Å². The zero-order chi connectivity index (χ0) is 18.8. The molecular formula is C17H15ClN2O5S. The monoisotopic (exact) mass is 394 g/mol. The number of nitrogens with one attached hydrogen (secondary N) is 1. The van der Waals surface area contributed by atoms with Crippen molar-refractivity contribution < 1.29 is 19.2 Å². The molecule has 2 aromatic rings. The standard InChI is InChI=1S/C17H15ClN2O5S/c1-25-17(22)14-10-4-2-3-5-13(10)26-16(14)19-15(21)11-8-9(20(23)24)6-7-12(11)18/h6-8H,2-5H2,1H3,(H,19,21). The first-order valence-electron chi connectivity index (χ1n) is 7.90. The number of rotatable bonds is 4. The summed E-state index contributed by atoms with van der Waals surface area (Å²) in [7, 11) is 1.29. The maximum absolute atomic E-state index is 12.6. The van der Waals surface area contributed by atoms with E-state index in [4.69, 9.17) is 16.3 Å². The minimum absolute atomic E-state index is 0.0249. The van der Waals surface area contributed by atoms with E-state index in [9.17, 15) is 19.7 Å². The average Bonchev–Trinajstić information content (AvgIpc) is 2.98. The molecule has 7 nitrogen and oxygen atoms in total. The van der Waals surface area contributed by atoms with Gasteiger partial charge in [0.2, 0.25) is 0 Å². The van der Waals surface area contributed by atoms with Crippen molar-refractivity contribution >= 4 is 45.5 Å². The number of carbonyl (C=O) groups is 2. The van der Waals surface area contributed by atoms with Gasteiger partial charge in [-0.15, -0.1) is 11.3 Å². The van der Waals surface area contributed by atoms with Crippen LogP contribution < -0.4 is 5.32 Å². The van der Waals surface area contributed by atoms with Gasteiger partial charge in [-0.1, -0.05) is 11.6 Å².